The first-order valence-corrected chi connectivity index (χ1v) is 12.9. The Hall–Kier alpha value is -2.54. The highest BCUT2D eigenvalue weighted by atomic mass is 35.5. The first kappa shape index (κ1) is 22.9. The molecule has 0 spiro atoms. The molecule has 1 amide bonds. The van der Waals surface area contributed by atoms with Crippen LogP contribution in [-0.4, -0.2) is 39.9 Å². The highest BCUT2D eigenvalue weighted by Gasteiger charge is 2.47. The number of benzene rings is 2. The molecule has 182 valence electrons. The van der Waals surface area contributed by atoms with E-state index in [0.717, 1.165) is 48.1 Å². The molecule has 0 unspecified atom stereocenters. The molecule has 35 heavy (non-hydrogen) atoms. The summed E-state index contributed by atoms with van der Waals surface area (Å²) < 4.78 is 12.2. The topological polar surface area (TPSA) is 75.8 Å². The smallest absolute Gasteiger partial charge is 0.407 e. The number of ether oxygens (including phenoxy) is 1. The van der Waals surface area contributed by atoms with Gasteiger partial charge >= 0.3 is 6.09 Å². The van der Waals surface area contributed by atoms with Gasteiger partial charge in [-0.05, 0) is 49.3 Å². The van der Waals surface area contributed by atoms with Crippen LogP contribution in [0.1, 0.15) is 54.1 Å². The Morgan fingerprint density at radius 2 is 1.94 bits per heavy atom. The molecule has 3 aliphatic rings. The van der Waals surface area contributed by atoms with Crippen LogP contribution in [0.3, 0.4) is 0 Å². The van der Waals surface area contributed by atoms with Gasteiger partial charge < -0.3 is 19.3 Å². The van der Waals surface area contributed by atoms with Gasteiger partial charge in [0.15, 0.2) is 0 Å². The first-order valence-electron chi connectivity index (χ1n) is 12.1. The maximum Gasteiger partial charge on any atom is 0.407 e. The molecule has 2 heterocycles. The normalized spacial score (nSPS) is 23.3. The lowest BCUT2D eigenvalue weighted by Gasteiger charge is -2.29. The van der Waals surface area contributed by atoms with Crippen LogP contribution in [0.25, 0.3) is 11.3 Å². The summed E-state index contributed by atoms with van der Waals surface area (Å²) in [5.41, 5.74) is 4.37. The van der Waals surface area contributed by atoms with Crippen molar-refractivity contribution in [2.45, 2.75) is 56.8 Å². The molecule has 1 saturated heterocycles. The van der Waals surface area contributed by atoms with Crippen molar-refractivity contribution in [1.29, 1.82) is 0 Å². The second kappa shape index (κ2) is 9.16. The zero-order valence-corrected chi connectivity index (χ0v) is 20.6. The van der Waals surface area contributed by atoms with Crippen molar-refractivity contribution in [2.75, 3.05) is 6.54 Å². The van der Waals surface area contributed by atoms with E-state index in [1.165, 1.54) is 0 Å². The van der Waals surface area contributed by atoms with Crippen LogP contribution in [0, 0.1) is 5.92 Å². The van der Waals surface area contributed by atoms with E-state index < -0.39 is 6.09 Å². The Bertz CT molecular complexity index is 1260. The summed E-state index contributed by atoms with van der Waals surface area (Å²) in [5, 5.41) is 14.9. The van der Waals surface area contributed by atoms with Crippen LogP contribution >= 0.6 is 23.2 Å². The van der Waals surface area contributed by atoms with Gasteiger partial charge in [-0.25, -0.2) is 4.79 Å². The second-order valence-electron chi connectivity index (χ2n) is 9.88. The number of nitrogens with zero attached hydrogens (tertiary/aromatic N) is 2. The van der Waals surface area contributed by atoms with Crippen molar-refractivity contribution in [3.05, 3.63) is 75.0 Å². The predicted octanol–water partition coefficient (Wildman–Crippen LogP) is 6.77. The number of carbonyl (C=O) groups is 1. The molecular weight excluding hydrogens is 487 g/mol. The van der Waals surface area contributed by atoms with Crippen molar-refractivity contribution in [3.63, 3.8) is 0 Å². The van der Waals surface area contributed by atoms with Gasteiger partial charge in [0.1, 0.15) is 11.5 Å². The zero-order chi connectivity index (χ0) is 24.1. The molecule has 6 rings (SSSR count). The lowest BCUT2D eigenvalue weighted by atomic mass is 9.98. The molecule has 2 bridgehead atoms. The average molecular weight is 513 g/mol. The third-order valence-corrected chi connectivity index (χ3v) is 8.32. The maximum absolute atomic E-state index is 11.4. The van der Waals surface area contributed by atoms with E-state index in [1.807, 2.05) is 30.3 Å². The number of hydrogen-bond donors (Lipinski definition) is 1. The number of amides is 1. The molecule has 6 nitrogen and oxygen atoms in total. The number of halogens is 2. The minimum Gasteiger partial charge on any atom is -0.465 e. The van der Waals surface area contributed by atoms with Gasteiger partial charge in [-0.2, -0.15) is 0 Å². The van der Waals surface area contributed by atoms with Gasteiger partial charge in [-0.1, -0.05) is 64.8 Å². The fraction of sp³-hybridized carbons (Fsp3) is 0.407. The van der Waals surface area contributed by atoms with Gasteiger partial charge in [-0.15, -0.1) is 0 Å². The molecule has 3 atom stereocenters. The molecule has 1 aliphatic heterocycles. The Balaban J connectivity index is 1.28. The van der Waals surface area contributed by atoms with Crippen molar-refractivity contribution >= 4 is 29.3 Å². The lowest BCUT2D eigenvalue weighted by molar-refractivity contribution is -0.00788. The summed E-state index contributed by atoms with van der Waals surface area (Å²) in [5.74, 6) is 1.43. The molecule has 8 heteroatoms. The van der Waals surface area contributed by atoms with Crippen LogP contribution in [-0.2, 0) is 17.8 Å². The minimum absolute atomic E-state index is 0.0285. The molecule has 2 aromatic carbocycles. The largest absolute Gasteiger partial charge is 0.465 e. The number of rotatable bonds is 7. The Morgan fingerprint density at radius 3 is 2.63 bits per heavy atom. The Labute approximate surface area is 213 Å². The van der Waals surface area contributed by atoms with Crippen LogP contribution in [0.2, 0.25) is 10.0 Å². The summed E-state index contributed by atoms with van der Waals surface area (Å²) in [6.45, 7) is 0.886. The average Bonchev–Trinajstić information content (AvgIpc) is 3.30. The third kappa shape index (κ3) is 4.32. The van der Waals surface area contributed by atoms with E-state index in [1.54, 1.807) is 4.90 Å². The number of carboxylic acid groups (broad SMARTS) is 1. The quantitative estimate of drug-likeness (QED) is 0.377. The maximum atomic E-state index is 11.4. The van der Waals surface area contributed by atoms with E-state index in [9.17, 15) is 9.90 Å². The molecule has 3 aromatic rings. The van der Waals surface area contributed by atoms with Crippen molar-refractivity contribution < 1.29 is 19.2 Å². The molecular formula is C27H26Cl2N2O4. The van der Waals surface area contributed by atoms with Crippen molar-refractivity contribution in [2.24, 2.45) is 5.92 Å². The highest BCUT2D eigenvalue weighted by Crippen LogP contribution is 2.47. The Kier molecular flexibility index (Phi) is 5.99. The molecule has 1 aromatic heterocycles. The van der Waals surface area contributed by atoms with Gasteiger partial charge in [0, 0.05) is 35.5 Å². The number of hydrogen-bond acceptors (Lipinski definition) is 4. The van der Waals surface area contributed by atoms with E-state index >= 15 is 0 Å². The monoisotopic (exact) mass is 512 g/mol. The summed E-state index contributed by atoms with van der Waals surface area (Å²) in [4.78, 5) is 13.0. The first-order chi connectivity index (χ1) is 17.0. The van der Waals surface area contributed by atoms with Crippen molar-refractivity contribution in [1.82, 2.24) is 10.1 Å². The minimum atomic E-state index is -0.840. The van der Waals surface area contributed by atoms with Crippen LogP contribution in [0.5, 0.6) is 0 Å². The number of likely N-dealkylation sites (tertiary alicyclic amines) is 1. The summed E-state index contributed by atoms with van der Waals surface area (Å²) in [6.07, 6.45) is 3.60. The number of piperidine rings is 1. The zero-order valence-electron chi connectivity index (χ0n) is 19.1. The van der Waals surface area contributed by atoms with E-state index in [4.69, 9.17) is 32.5 Å². The molecule has 1 N–H and O–H groups in total. The van der Waals surface area contributed by atoms with Crippen LogP contribution in [0.4, 0.5) is 4.79 Å². The SMILES string of the molecule is O=C(O)N1C[C@@H]2C[C@H]1C[C@@H]2OCc1c(-c2c(Cl)ccc(Cc3ccccc3)c2Cl)noc1C1CC1. The highest BCUT2D eigenvalue weighted by molar-refractivity contribution is 6.39. The van der Waals surface area contributed by atoms with E-state index in [2.05, 4.69) is 17.3 Å². The summed E-state index contributed by atoms with van der Waals surface area (Å²) in [6, 6.07) is 14.1. The Morgan fingerprint density at radius 1 is 1.14 bits per heavy atom. The van der Waals surface area contributed by atoms with Crippen LogP contribution < -0.4 is 0 Å². The molecule has 2 aliphatic carbocycles. The van der Waals surface area contributed by atoms with Crippen LogP contribution in [0.15, 0.2) is 47.0 Å². The molecule has 0 radical (unpaired) electrons. The molecule has 2 saturated carbocycles. The van der Waals surface area contributed by atoms with Gasteiger partial charge in [0.25, 0.3) is 0 Å². The van der Waals surface area contributed by atoms with Gasteiger partial charge in [0.2, 0.25) is 0 Å². The standard InChI is InChI=1S/C27H26Cl2N2O4/c28-21-9-8-17(10-15-4-2-1-3-5-15)24(29)23(21)25-20(26(35-30-25)16-6-7-16)14-34-22-12-19-11-18(22)13-31(19)27(32)33/h1-5,8-9,16,18-19,22H,6-7,10-14H2,(H,32,33)/t18-,19-,22-/m0/s1. The van der Waals surface area contributed by atoms with Crippen molar-refractivity contribution in [3.8, 4) is 11.3 Å². The lowest BCUT2D eigenvalue weighted by Crippen LogP contribution is -2.41. The van der Waals surface area contributed by atoms with E-state index in [-0.39, 0.29) is 18.1 Å². The predicted molar refractivity (Wildman–Crippen MR) is 133 cm³/mol. The third-order valence-electron chi connectivity index (χ3n) is 7.58. The molecule has 3 fully saturated rings. The fourth-order valence-corrected chi connectivity index (χ4v) is 6.24. The van der Waals surface area contributed by atoms with E-state index in [0.29, 0.717) is 46.8 Å². The van der Waals surface area contributed by atoms with Gasteiger partial charge in [0.05, 0.1) is 22.8 Å². The van der Waals surface area contributed by atoms with Gasteiger partial charge in [-0.3, -0.25) is 0 Å². The second-order valence-corrected chi connectivity index (χ2v) is 10.7. The number of aromatic nitrogens is 1. The fourth-order valence-electron chi connectivity index (χ4n) is 5.62. The number of fused-ring (bicyclic) bond motifs is 2. The summed E-state index contributed by atoms with van der Waals surface area (Å²) in [7, 11) is 0. The summed E-state index contributed by atoms with van der Waals surface area (Å²) >= 11 is 13.6.